The van der Waals surface area contributed by atoms with Gasteiger partial charge in [-0.2, -0.15) is 5.26 Å². The van der Waals surface area contributed by atoms with Crippen LogP contribution in [0.5, 0.6) is 0 Å². The van der Waals surface area contributed by atoms with Crippen LogP contribution in [-0.2, 0) is 4.79 Å². The van der Waals surface area contributed by atoms with Crippen LogP contribution >= 0.6 is 0 Å². The van der Waals surface area contributed by atoms with Crippen molar-refractivity contribution in [2.75, 3.05) is 0 Å². The van der Waals surface area contributed by atoms with Gasteiger partial charge in [0.15, 0.2) is 0 Å². The predicted molar refractivity (Wildman–Crippen MR) is 47.9 cm³/mol. The van der Waals surface area contributed by atoms with E-state index < -0.39 is 5.97 Å². The lowest BCUT2D eigenvalue weighted by Crippen LogP contribution is -2.04. The highest BCUT2D eigenvalue weighted by molar-refractivity contribution is 5.92. The summed E-state index contributed by atoms with van der Waals surface area (Å²) in [5.74, 6) is -1.12. The first-order valence-corrected chi connectivity index (χ1v) is 4.19. The maximum absolute atomic E-state index is 10.6. The molecule has 0 aliphatic heterocycles. The molecule has 13 heavy (non-hydrogen) atoms. The first-order valence-electron chi connectivity index (χ1n) is 4.19. The fourth-order valence-corrected chi connectivity index (χ4v) is 1.45. The number of nitriles is 1. The Morgan fingerprint density at radius 3 is 2.77 bits per heavy atom. The minimum absolute atomic E-state index is 0.112. The van der Waals surface area contributed by atoms with Gasteiger partial charge in [0, 0.05) is 0 Å². The Balaban J connectivity index is 3.09. The fraction of sp³-hybridized carbons (Fsp3) is 0.400. The molecular weight excluding hydrogens is 166 g/mol. The summed E-state index contributed by atoms with van der Waals surface area (Å²) < 4.78 is 0. The highest BCUT2D eigenvalue weighted by Gasteiger charge is 2.14. The number of carboxylic acids is 1. The molecule has 0 amide bonds. The second kappa shape index (κ2) is 3.90. The summed E-state index contributed by atoms with van der Waals surface area (Å²) in [4.78, 5) is 10.6. The van der Waals surface area contributed by atoms with Gasteiger partial charge in [-0.15, -0.1) is 0 Å². The van der Waals surface area contributed by atoms with Gasteiger partial charge < -0.3 is 5.11 Å². The molecule has 0 unspecified atom stereocenters. The van der Waals surface area contributed by atoms with Crippen LogP contribution in [0.3, 0.4) is 0 Å². The number of hydrogen-bond donors (Lipinski definition) is 1. The zero-order valence-corrected chi connectivity index (χ0v) is 7.50. The van der Waals surface area contributed by atoms with E-state index in [1.54, 1.807) is 6.07 Å². The minimum Gasteiger partial charge on any atom is -0.477 e. The smallest absolute Gasteiger partial charge is 0.346 e. The normalized spacial score (nSPS) is 20.2. The SMILES string of the molecule is CC1=C/C(=C(\C#N)C(=O)O)CCC1. The van der Waals surface area contributed by atoms with Crippen molar-refractivity contribution in [3.05, 3.63) is 22.8 Å². The van der Waals surface area contributed by atoms with Crippen molar-refractivity contribution in [2.24, 2.45) is 0 Å². The van der Waals surface area contributed by atoms with Crippen LogP contribution in [-0.4, -0.2) is 11.1 Å². The molecule has 0 bridgehead atoms. The van der Waals surface area contributed by atoms with E-state index in [0.29, 0.717) is 12.0 Å². The van der Waals surface area contributed by atoms with Crippen LogP contribution in [0.15, 0.2) is 22.8 Å². The molecule has 0 aromatic carbocycles. The van der Waals surface area contributed by atoms with E-state index in [9.17, 15) is 4.79 Å². The molecule has 0 aromatic rings. The van der Waals surface area contributed by atoms with Crippen LogP contribution in [0.2, 0.25) is 0 Å². The number of hydrogen-bond acceptors (Lipinski definition) is 2. The number of carboxylic acid groups (broad SMARTS) is 1. The Labute approximate surface area is 77.0 Å². The van der Waals surface area contributed by atoms with Gasteiger partial charge >= 0.3 is 5.97 Å². The Morgan fingerprint density at radius 2 is 2.31 bits per heavy atom. The quantitative estimate of drug-likeness (QED) is 0.492. The summed E-state index contributed by atoms with van der Waals surface area (Å²) in [7, 11) is 0. The molecule has 0 radical (unpaired) electrons. The highest BCUT2D eigenvalue weighted by Crippen LogP contribution is 2.24. The van der Waals surface area contributed by atoms with Crippen molar-refractivity contribution in [1.29, 1.82) is 5.26 Å². The summed E-state index contributed by atoms with van der Waals surface area (Å²) >= 11 is 0. The third-order valence-electron chi connectivity index (χ3n) is 2.08. The van der Waals surface area contributed by atoms with Gasteiger partial charge in [0.25, 0.3) is 0 Å². The van der Waals surface area contributed by atoms with E-state index in [4.69, 9.17) is 10.4 Å². The zero-order chi connectivity index (χ0) is 9.84. The van der Waals surface area contributed by atoms with E-state index in [0.717, 1.165) is 18.4 Å². The van der Waals surface area contributed by atoms with Gasteiger partial charge in [-0.05, 0) is 31.8 Å². The van der Waals surface area contributed by atoms with Crippen LogP contribution < -0.4 is 0 Å². The van der Waals surface area contributed by atoms with Gasteiger partial charge in [0.05, 0.1) is 0 Å². The van der Waals surface area contributed by atoms with E-state index >= 15 is 0 Å². The van der Waals surface area contributed by atoms with Crippen molar-refractivity contribution in [3.63, 3.8) is 0 Å². The molecular formula is C10H11NO2. The molecule has 3 heteroatoms. The molecule has 1 rings (SSSR count). The molecule has 68 valence electrons. The van der Waals surface area contributed by atoms with Crippen molar-refractivity contribution < 1.29 is 9.90 Å². The largest absolute Gasteiger partial charge is 0.477 e. The lowest BCUT2D eigenvalue weighted by molar-refractivity contribution is -0.132. The van der Waals surface area contributed by atoms with Gasteiger partial charge in [-0.25, -0.2) is 4.79 Å². The molecule has 0 spiro atoms. The number of aliphatic carboxylic acids is 1. The summed E-state index contributed by atoms with van der Waals surface area (Å²) in [6, 6.07) is 1.73. The number of nitrogens with zero attached hydrogens (tertiary/aromatic N) is 1. The van der Waals surface area contributed by atoms with Crippen LogP contribution in [0, 0.1) is 11.3 Å². The van der Waals surface area contributed by atoms with Crippen LogP contribution in [0.25, 0.3) is 0 Å². The molecule has 0 saturated heterocycles. The van der Waals surface area contributed by atoms with Crippen molar-refractivity contribution in [2.45, 2.75) is 26.2 Å². The summed E-state index contributed by atoms with van der Waals surface area (Å²) in [6.45, 7) is 1.95. The molecule has 0 aromatic heterocycles. The van der Waals surface area contributed by atoms with E-state index in [1.165, 1.54) is 0 Å². The number of carbonyl (C=O) groups is 1. The molecule has 0 atom stereocenters. The summed E-state index contributed by atoms with van der Waals surface area (Å²) in [5, 5.41) is 17.3. The first kappa shape index (κ1) is 9.53. The predicted octanol–water partition coefficient (Wildman–Crippen LogP) is 2.02. The zero-order valence-electron chi connectivity index (χ0n) is 7.50. The lowest BCUT2D eigenvalue weighted by Gasteiger charge is -2.11. The summed E-state index contributed by atoms with van der Waals surface area (Å²) in [6.07, 6.45) is 4.46. The lowest BCUT2D eigenvalue weighted by atomic mass is 9.93. The Kier molecular flexibility index (Phi) is 2.86. The Morgan fingerprint density at radius 1 is 1.62 bits per heavy atom. The standard InChI is InChI=1S/C10H11NO2/c1-7-3-2-4-8(5-7)9(6-11)10(12)13/h5H,2-4H2,1H3,(H,12,13)/b9-8+. The van der Waals surface area contributed by atoms with Crippen molar-refractivity contribution >= 4 is 5.97 Å². The van der Waals surface area contributed by atoms with Crippen LogP contribution in [0.4, 0.5) is 0 Å². The highest BCUT2D eigenvalue weighted by atomic mass is 16.4. The first-order chi connectivity index (χ1) is 6.15. The maximum Gasteiger partial charge on any atom is 0.346 e. The van der Waals surface area contributed by atoms with Gasteiger partial charge in [0.1, 0.15) is 11.6 Å². The van der Waals surface area contributed by atoms with Crippen molar-refractivity contribution in [3.8, 4) is 6.07 Å². The number of rotatable bonds is 1. The van der Waals surface area contributed by atoms with E-state index in [-0.39, 0.29) is 5.57 Å². The molecule has 1 N–H and O–H groups in total. The topological polar surface area (TPSA) is 61.1 Å². The van der Waals surface area contributed by atoms with Gasteiger partial charge in [0.2, 0.25) is 0 Å². The fourth-order valence-electron chi connectivity index (χ4n) is 1.45. The Bertz CT molecular complexity index is 331. The van der Waals surface area contributed by atoms with Gasteiger partial charge in [-0.1, -0.05) is 11.6 Å². The van der Waals surface area contributed by atoms with Crippen molar-refractivity contribution in [1.82, 2.24) is 0 Å². The number of allylic oxidation sites excluding steroid dienone is 3. The minimum atomic E-state index is -1.12. The molecule has 0 saturated carbocycles. The maximum atomic E-state index is 10.6. The average Bonchev–Trinajstić information content (AvgIpc) is 2.04. The molecule has 1 aliphatic carbocycles. The molecule has 0 fully saturated rings. The average molecular weight is 177 g/mol. The summed E-state index contributed by atoms with van der Waals surface area (Å²) in [5.41, 5.74) is 1.70. The third kappa shape index (κ3) is 2.19. The molecule has 1 aliphatic rings. The Hall–Kier alpha value is -1.56. The third-order valence-corrected chi connectivity index (χ3v) is 2.08. The second-order valence-corrected chi connectivity index (χ2v) is 3.16. The van der Waals surface area contributed by atoms with E-state index in [2.05, 4.69) is 0 Å². The van der Waals surface area contributed by atoms with Crippen LogP contribution in [0.1, 0.15) is 26.2 Å². The molecule has 0 heterocycles. The van der Waals surface area contributed by atoms with Gasteiger partial charge in [-0.3, -0.25) is 0 Å². The van der Waals surface area contributed by atoms with E-state index in [1.807, 2.05) is 13.0 Å². The second-order valence-electron chi connectivity index (χ2n) is 3.16. The monoisotopic (exact) mass is 177 g/mol. The molecule has 3 nitrogen and oxygen atoms in total.